The van der Waals surface area contributed by atoms with E-state index >= 15 is 0 Å². The summed E-state index contributed by atoms with van der Waals surface area (Å²) in [7, 11) is 4.81. The zero-order valence-electron chi connectivity index (χ0n) is 17.3. The number of rotatable bonds is 6. The Bertz CT molecular complexity index is 1170. The van der Waals surface area contributed by atoms with Crippen LogP contribution in [0.1, 0.15) is 16.7 Å². The average molecular weight is 400 g/mol. The average Bonchev–Trinajstić information content (AvgIpc) is 2.82. The molecule has 0 bridgehead atoms. The Balaban J connectivity index is 2.14. The molecule has 0 spiro atoms. The Morgan fingerprint density at radius 3 is 2.07 bits per heavy atom. The summed E-state index contributed by atoms with van der Waals surface area (Å²) in [4.78, 5) is 0. The largest absolute Gasteiger partial charge is 0.497 e. The Kier molecular flexibility index (Phi) is 5.34. The molecule has 1 atom stereocenters. The maximum atomic E-state index is 12.5. The number of methoxy groups -OCH3 is 3. The van der Waals surface area contributed by atoms with Gasteiger partial charge < -0.3 is 19.3 Å². The predicted molar refractivity (Wildman–Crippen MR) is 119 cm³/mol. The third kappa shape index (κ3) is 3.15. The van der Waals surface area contributed by atoms with Crippen LogP contribution in [0.2, 0.25) is 0 Å². The number of benzene rings is 4. The van der Waals surface area contributed by atoms with Crippen LogP contribution in [-0.2, 0) is 5.60 Å². The first-order valence-corrected chi connectivity index (χ1v) is 9.70. The molecular weight excluding hydrogens is 376 g/mol. The Hall–Kier alpha value is -3.50. The van der Waals surface area contributed by atoms with Gasteiger partial charge in [-0.3, -0.25) is 0 Å². The molecule has 0 fully saturated rings. The van der Waals surface area contributed by atoms with E-state index in [1.54, 1.807) is 27.4 Å². The van der Waals surface area contributed by atoms with Gasteiger partial charge in [0.25, 0.3) is 0 Å². The van der Waals surface area contributed by atoms with Crippen LogP contribution in [0.15, 0.2) is 84.9 Å². The minimum absolute atomic E-state index is 0.524. The minimum atomic E-state index is -1.52. The van der Waals surface area contributed by atoms with E-state index in [1.807, 2.05) is 78.9 Å². The molecule has 4 heteroatoms. The van der Waals surface area contributed by atoms with E-state index in [0.29, 0.717) is 33.9 Å². The van der Waals surface area contributed by atoms with Crippen LogP contribution >= 0.6 is 0 Å². The van der Waals surface area contributed by atoms with Crippen LogP contribution in [0.5, 0.6) is 17.2 Å². The first-order valence-electron chi connectivity index (χ1n) is 9.70. The van der Waals surface area contributed by atoms with Crippen LogP contribution in [0.25, 0.3) is 10.8 Å². The molecule has 0 aliphatic rings. The summed E-state index contributed by atoms with van der Waals surface area (Å²) in [6.45, 7) is 0. The number of fused-ring (bicyclic) bond motifs is 1. The maximum absolute atomic E-state index is 12.5. The molecule has 0 aliphatic heterocycles. The van der Waals surface area contributed by atoms with E-state index in [2.05, 4.69) is 0 Å². The summed E-state index contributed by atoms with van der Waals surface area (Å²) >= 11 is 0. The highest BCUT2D eigenvalue weighted by Gasteiger charge is 2.40. The van der Waals surface area contributed by atoms with Gasteiger partial charge in [-0.25, -0.2) is 0 Å². The second kappa shape index (κ2) is 8.09. The zero-order chi connectivity index (χ0) is 21.1. The second-order valence-corrected chi connectivity index (χ2v) is 7.01. The highest BCUT2D eigenvalue weighted by Crippen LogP contribution is 2.48. The maximum Gasteiger partial charge on any atom is 0.148 e. The zero-order valence-corrected chi connectivity index (χ0v) is 17.3. The monoisotopic (exact) mass is 400 g/mol. The van der Waals surface area contributed by atoms with E-state index in [-0.39, 0.29) is 0 Å². The van der Waals surface area contributed by atoms with Crippen molar-refractivity contribution in [2.75, 3.05) is 21.3 Å². The minimum Gasteiger partial charge on any atom is -0.497 e. The Labute approximate surface area is 176 Å². The van der Waals surface area contributed by atoms with Crippen molar-refractivity contribution in [1.82, 2.24) is 0 Å². The number of hydrogen-bond donors (Lipinski definition) is 1. The third-order valence-electron chi connectivity index (χ3n) is 5.46. The lowest BCUT2D eigenvalue weighted by Crippen LogP contribution is -2.30. The molecule has 0 saturated carbocycles. The summed E-state index contributed by atoms with van der Waals surface area (Å²) in [5.41, 5.74) is 0.456. The quantitative estimate of drug-likeness (QED) is 0.455. The molecule has 0 radical (unpaired) electrons. The molecule has 0 unspecified atom stereocenters. The molecule has 4 nitrogen and oxygen atoms in total. The van der Waals surface area contributed by atoms with Gasteiger partial charge in [0, 0.05) is 17.2 Å². The first kappa shape index (κ1) is 19.8. The van der Waals surface area contributed by atoms with Gasteiger partial charge in [0.2, 0.25) is 0 Å². The topological polar surface area (TPSA) is 47.9 Å². The molecular formula is C26H24O4. The Morgan fingerprint density at radius 1 is 0.667 bits per heavy atom. The summed E-state index contributed by atoms with van der Waals surface area (Å²) in [6, 6.07) is 26.8. The highest BCUT2D eigenvalue weighted by atomic mass is 16.5. The van der Waals surface area contributed by atoms with Crippen LogP contribution in [-0.4, -0.2) is 26.4 Å². The van der Waals surface area contributed by atoms with Crippen molar-refractivity contribution in [3.05, 3.63) is 102 Å². The summed E-state index contributed by atoms with van der Waals surface area (Å²) in [6.07, 6.45) is 0. The van der Waals surface area contributed by atoms with Crippen LogP contribution < -0.4 is 14.2 Å². The standard InChI is InChI=1S/C26H24O4/c1-28-20-14-15-22(24(17-20)30-3)26(27,19-10-5-4-6-11-19)25-21-12-8-7-9-18(21)13-16-23(25)29-2/h4-17,27H,1-3H3/t26-/m1/s1. The summed E-state index contributed by atoms with van der Waals surface area (Å²) in [5.74, 6) is 1.77. The first-order chi connectivity index (χ1) is 14.6. The highest BCUT2D eigenvalue weighted by molar-refractivity contribution is 5.90. The number of hydrogen-bond acceptors (Lipinski definition) is 4. The van der Waals surface area contributed by atoms with Gasteiger partial charge in [-0.1, -0.05) is 60.7 Å². The lowest BCUT2D eigenvalue weighted by molar-refractivity contribution is 0.120. The molecule has 0 amide bonds. The fourth-order valence-corrected chi connectivity index (χ4v) is 4.01. The van der Waals surface area contributed by atoms with E-state index in [4.69, 9.17) is 14.2 Å². The molecule has 1 N–H and O–H groups in total. The van der Waals surface area contributed by atoms with Gasteiger partial charge in [0.15, 0.2) is 0 Å². The van der Waals surface area contributed by atoms with Crippen LogP contribution in [0.4, 0.5) is 0 Å². The van der Waals surface area contributed by atoms with Gasteiger partial charge >= 0.3 is 0 Å². The van der Waals surface area contributed by atoms with Crippen LogP contribution in [0, 0.1) is 0 Å². The fourth-order valence-electron chi connectivity index (χ4n) is 4.01. The van der Waals surface area contributed by atoms with E-state index in [9.17, 15) is 5.11 Å². The van der Waals surface area contributed by atoms with Crippen molar-refractivity contribution in [3.8, 4) is 17.2 Å². The molecule has 0 saturated heterocycles. The predicted octanol–water partition coefficient (Wildman–Crippen LogP) is 5.15. The molecule has 0 aromatic heterocycles. The van der Waals surface area contributed by atoms with Gasteiger partial charge in [-0.15, -0.1) is 0 Å². The smallest absolute Gasteiger partial charge is 0.148 e. The number of aliphatic hydroxyl groups is 1. The second-order valence-electron chi connectivity index (χ2n) is 7.01. The van der Waals surface area contributed by atoms with Gasteiger partial charge in [0.1, 0.15) is 22.8 Å². The normalized spacial score (nSPS) is 12.9. The van der Waals surface area contributed by atoms with Crippen molar-refractivity contribution in [1.29, 1.82) is 0 Å². The fraction of sp³-hybridized carbons (Fsp3) is 0.154. The summed E-state index contributed by atoms with van der Waals surface area (Å²) < 4.78 is 16.8. The molecule has 4 rings (SSSR count). The lowest BCUT2D eigenvalue weighted by atomic mass is 9.77. The molecule has 152 valence electrons. The molecule has 0 aliphatic carbocycles. The molecule has 4 aromatic carbocycles. The van der Waals surface area contributed by atoms with Gasteiger partial charge in [0.05, 0.1) is 21.3 Å². The van der Waals surface area contributed by atoms with Crippen molar-refractivity contribution >= 4 is 10.8 Å². The molecule has 0 heterocycles. The van der Waals surface area contributed by atoms with Crippen molar-refractivity contribution in [2.24, 2.45) is 0 Å². The SMILES string of the molecule is COc1ccc([C@](O)(c2ccccc2)c2c(OC)ccc3ccccc23)c(OC)c1. The lowest BCUT2D eigenvalue weighted by Gasteiger charge is -2.33. The Morgan fingerprint density at radius 2 is 1.37 bits per heavy atom. The van der Waals surface area contributed by atoms with E-state index in [0.717, 1.165) is 10.8 Å². The van der Waals surface area contributed by atoms with E-state index in [1.165, 1.54) is 0 Å². The third-order valence-corrected chi connectivity index (χ3v) is 5.46. The molecule has 30 heavy (non-hydrogen) atoms. The number of ether oxygens (including phenoxy) is 3. The van der Waals surface area contributed by atoms with Crippen molar-refractivity contribution in [2.45, 2.75) is 5.60 Å². The van der Waals surface area contributed by atoms with Crippen molar-refractivity contribution < 1.29 is 19.3 Å². The van der Waals surface area contributed by atoms with E-state index < -0.39 is 5.60 Å². The summed E-state index contributed by atoms with van der Waals surface area (Å²) in [5, 5.41) is 14.4. The molecule has 4 aromatic rings. The van der Waals surface area contributed by atoms with Gasteiger partial charge in [-0.2, -0.15) is 0 Å². The van der Waals surface area contributed by atoms with Crippen molar-refractivity contribution in [3.63, 3.8) is 0 Å². The van der Waals surface area contributed by atoms with Crippen LogP contribution in [0.3, 0.4) is 0 Å². The van der Waals surface area contributed by atoms with Gasteiger partial charge in [-0.05, 0) is 34.5 Å².